The standard InChI is InChI=1S/C30H35F2N7O4S/c1-17-14-39(15-18(2)38(17)3)24(16-43-4)29(40)35-23-10-6-8-19-20(12-33-28(19)23)27-21(31)13-34-30(37-27)36-22-9-7-11-25(26(22)32)44(5,41)42/h6-13,17-18,24,33H,14-16H2,1-5H3,(H,35,40)(H,34,36,37)/t17-,18-,24?/m0/s1. The van der Waals surface area contributed by atoms with Crippen molar-refractivity contribution in [3.8, 4) is 11.3 Å². The van der Waals surface area contributed by atoms with E-state index in [1.54, 1.807) is 31.5 Å². The Morgan fingerprint density at radius 1 is 1.14 bits per heavy atom. The number of nitrogens with one attached hydrogen (secondary N) is 3. The van der Waals surface area contributed by atoms with E-state index >= 15 is 4.39 Å². The van der Waals surface area contributed by atoms with E-state index in [-0.39, 0.29) is 41.9 Å². The van der Waals surface area contributed by atoms with Crippen molar-refractivity contribution in [3.63, 3.8) is 0 Å². The number of nitrogens with zero attached hydrogens (tertiary/aromatic N) is 4. The van der Waals surface area contributed by atoms with E-state index in [9.17, 15) is 17.6 Å². The van der Waals surface area contributed by atoms with Gasteiger partial charge in [0.05, 0.1) is 29.7 Å². The molecule has 1 saturated heterocycles. The largest absolute Gasteiger partial charge is 0.383 e. The highest BCUT2D eigenvalue weighted by molar-refractivity contribution is 7.90. The van der Waals surface area contributed by atoms with Crippen LogP contribution < -0.4 is 10.6 Å². The predicted molar refractivity (Wildman–Crippen MR) is 165 cm³/mol. The minimum Gasteiger partial charge on any atom is -0.383 e. The van der Waals surface area contributed by atoms with Crippen molar-refractivity contribution in [2.24, 2.45) is 0 Å². The molecule has 234 valence electrons. The summed E-state index contributed by atoms with van der Waals surface area (Å²) in [4.78, 5) is 28.8. The van der Waals surface area contributed by atoms with Crippen LogP contribution in [0.5, 0.6) is 0 Å². The molecular weight excluding hydrogens is 592 g/mol. The highest BCUT2D eigenvalue weighted by atomic mass is 32.2. The van der Waals surface area contributed by atoms with Gasteiger partial charge in [-0.2, -0.15) is 0 Å². The monoisotopic (exact) mass is 627 g/mol. The third kappa shape index (κ3) is 6.29. The van der Waals surface area contributed by atoms with E-state index in [1.165, 1.54) is 12.1 Å². The molecule has 14 heteroatoms. The van der Waals surface area contributed by atoms with Gasteiger partial charge in [0.25, 0.3) is 0 Å². The van der Waals surface area contributed by atoms with Crippen LogP contribution in [0.25, 0.3) is 22.2 Å². The predicted octanol–water partition coefficient (Wildman–Crippen LogP) is 4.03. The Labute approximate surface area is 254 Å². The number of ether oxygens (including phenoxy) is 1. The molecule has 1 aliphatic rings. The van der Waals surface area contributed by atoms with Crippen LogP contribution in [0.4, 0.5) is 26.1 Å². The summed E-state index contributed by atoms with van der Waals surface area (Å²) in [6.45, 7) is 5.90. The maximum Gasteiger partial charge on any atom is 0.244 e. The number of H-pyrrole nitrogens is 1. The second-order valence-electron chi connectivity index (χ2n) is 11.1. The lowest BCUT2D eigenvalue weighted by Gasteiger charge is -2.44. The highest BCUT2D eigenvalue weighted by Gasteiger charge is 2.34. The number of piperazine rings is 1. The molecule has 2 aromatic carbocycles. The Kier molecular flexibility index (Phi) is 8.97. The summed E-state index contributed by atoms with van der Waals surface area (Å²) in [5.74, 6) is -2.08. The first-order chi connectivity index (χ1) is 20.9. The molecule has 0 bridgehead atoms. The number of likely N-dealkylation sites (N-methyl/N-ethyl adjacent to an activating group) is 1. The van der Waals surface area contributed by atoms with Gasteiger partial charge in [0.15, 0.2) is 21.5 Å². The highest BCUT2D eigenvalue weighted by Crippen LogP contribution is 2.34. The summed E-state index contributed by atoms with van der Waals surface area (Å²) in [6.07, 6.45) is 3.41. The Hall–Kier alpha value is -3.98. The molecule has 3 heterocycles. The summed E-state index contributed by atoms with van der Waals surface area (Å²) in [7, 11) is -0.174. The number of para-hydroxylation sites is 1. The van der Waals surface area contributed by atoms with Crippen molar-refractivity contribution in [2.45, 2.75) is 36.9 Å². The number of halogens is 2. The van der Waals surface area contributed by atoms with Crippen LogP contribution >= 0.6 is 0 Å². The number of hydrogen-bond donors (Lipinski definition) is 3. The van der Waals surface area contributed by atoms with E-state index in [1.807, 2.05) is 0 Å². The van der Waals surface area contributed by atoms with Gasteiger partial charge in [0.1, 0.15) is 16.6 Å². The lowest BCUT2D eigenvalue weighted by Crippen LogP contribution is -2.60. The fraction of sp³-hybridized carbons (Fsp3) is 0.367. The number of aromatic nitrogens is 3. The number of carbonyl (C=O) groups excluding carboxylic acids is 1. The van der Waals surface area contributed by atoms with Crippen LogP contribution in [0.2, 0.25) is 0 Å². The van der Waals surface area contributed by atoms with Crippen LogP contribution in [0.15, 0.2) is 53.7 Å². The van der Waals surface area contributed by atoms with Gasteiger partial charge < -0.3 is 20.4 Å². The van der Waals surface area contributed by atoms with Gasteiger partial charge in [0, 0.05) is 55.7 Å². The van der Waals surface area contributed by atoms with Crippen molar-refractivity contribution < 1.29 is 26.7 Å². The van der Waals surface area contributed by atoms with Gasteiger partial charge in [-0.1, -0.05) is 18.2 Å². The maximum atomic E-state index is 15.1. The number of sulfone groups is 1. The maximum absolute atomic E-state index is 15.1. The van der Waals surface area contributed by atoms with Crippen LogP contribution in [0.3, 0.4) is 0 Å². The summed E-state index contributed by atoms with van der Waals surface area (Å²) in [5, 5.41) is 6.25. The molecule has 3 atom stereocenters. The van der Waals surface area contributed by atoms with Crippen molar-refractivity contribution >= 4 is 44.0 Å². The molecule has 0 radical (unpaired) electrons. The van der Waals surface area contributed by atoms with Gasteiger partial charge in [0.2, 0.25) is 11.9 Å². The summed E-state index contributed by atoms with van der Waals surface area (Å²) < 4.78 is 59.3. The van der Waals surface area contributed by atoms with Crippen molar-refractivity contribution in [1.82, 2.24) is 24.8 Å². The Morgan fingerprint density at radius 2 is 1.82 bits per heavy atom. The van der Waals surface area contributed by atoms with Crippen molar-refractivity contribution in [1.29, 1.82) is 0 Å². The van der Waals surface area contributed by atoms with Crippen LogP contribution in [0, 0.1) is 11.6 Å². The SMILES string of the molecule is COCC(C(=O)Nc1cccc2c(-c3nc(Nc4cccc(S(C)(=O)=O)c4F)ncc3F)c[nH]c12)N1C[C@H](C)N(C)[C@@H](C)C1. The third-order valence-electron chi connectivity index (χ3n) is 8.04. The fourth-order valence-corrected chi connectivity index (χ4v) is 6.27. The molecule has 5 rings (SSSR count). The molecule has 11 nitrogen and oxygen atoms in total. The topological polar surface area (TPSA) is 133 Å². The van der Waals surface area contributed by atoms with Crippen molar-refractivity contribution in [2.75, 3.05) is 50.7 Å². The van der Waals surface area contributed by atoms with Crippen LogP contribution in [-0.4, -0.2) is 97.3 Å². The molecular formula is C30H35F2N7O4S. The Morgan fingerprint density at radius 3 is 2.50 bits per heavy atom. The number of rotatable bonds is 9. The van der Waals surface area contributed by atoms with E-state index in [2.05, 4.69) is 56.3 Å². The average Bonchev–Trinajstić information content (AvgIpc) is 3.40. The number of anilines is 3. The first kappa shape index (κ1) is 31.4. The van der Waals surface area contributed by atoms with Gasteiger partial charge in [-0.05, 0) is 39.1 Å². The van der Waals surface area contributed by atoms with Gasteiger partial charge in [-0.25, -0.2) is 27.2 Å². The number of benzene rings is 2. The summed E-state index contributed by atoms with van der Waals surface area (Å²) in [6, 6.07) is 9.13. The molecule has 1 amide bonds. The number of aromatic amines is 1. The van der Waals surface area contributed by atoms with E-state index in [4.69, 9.17) is 4.74 Å². The number of methoxy groups -OCH3 is 1. The first-order valence-corrected chi connectivity index (χ1v) is 15.9. The molecule has 3 N–H and O–H groups in total. The number of fused-ring (bicyclic) bond motifs is 1. The molecule has 1 fully saturated rings. The van der Waals surface area contributed by atoms with Gasteiger partial charge >= 0.3 is 0 Å². The normalized spacial score (nSPS) is 18.8. The Bertz CT molecular complexity index is 1790. The number of amides is 1. The third-order valence-corrected chi connectivity index (χ3v) is 9.15. The molecule has 2 aromatic heterocycles. The molecule has 0 aliphatic carbocycles. The minimum atomic E-state index is -3.82. The van der Waals surface area contributed by atoms with E-state index < -0.39 is 32.4 Å². The Balaban J connectivity index is 1.43. The second-order valence-corrected chi connectivity index (χ2v) is 13.1. The second kappa shape index (κ2) is 12.6. The molecule has 0 saturated carbocycles. The van der Waals surface area contributed by atoms with Gasteiger partial charge in [-0.15, -0.1) is 0 Å². The molecule has 1 aliphatic heterocycles. The molecule has 4 aromatic rings. The number of hydrogen-bond acceptors (Lipinski definition) is 9. The number of carbonyl (C=O) groups is 1. The first-order valence-electron chi connectivity index (χ1n) is 14.0. The fourth-order valence-electron chi connectivity index (χ4n) is 5.51. The molecule has 1 unspecified atom stereocenters. The lowest BCUT2D eigenvalue weighted by molar-refractivity contribution is -0.125. The molecule has 0 spiro atoms. The van der Waals surface area contributed by atoms with Gasteiger partial charge in [-0.3, -0.25) is 14.6 Å². The minimum absolute atomic E-state index is 0.0745. The van der Waals surface area contributed by atoms with Crippen molar-refractivity contribution in [3.05, 3.63) is 60.4 Å². The summed E-state index contributed by atoms with van der Waals surface area (Å²) >= 11 is 0. The van der Waals surface area contributed by atoms with E-state index in [0.29, 0.717) is 35.2 Å². The van der Waals surface area contributed by atoms with Crippen LogP contribution in [0.1, 0.15) is 13.8 Å². The van der Waals surface area contributed by atoms with Crippen LogP contribution in [-0.2, 0) is 19.4 Å². The zero-order valence-corrected chi connectivity index (χ0v) is 25.9. The summed E-state index contributed by atoms with van der Waals surface area (Å²) in [5.41, 5.74) is 1.20. The smallest absolute Gasteiger partial charge is 0.244 e. The lowest BCUT2D eigenvalue weighted by atomic mass is 10.1. The zero-order chi connectivity index (χ0) is 31.8. The average molecular weight is 628 g/mol. The zero-order valence-electron chi connectivity index (χ0n) is 25.1. The van der Waals surface area contributed by atoms with E-state index in [0.717, 1.165) is 18.5 Å². The quantitative estimate of drug-likeness (QED) is 0.252. The molecule has 44 heavy (non-hydrogen) atoms.